The molecule has 0 N–H and O–H groups in total. The number of nitrogens with zero attached hydrogens (tertiary/aromatic N) is 1. The fourth-order valence-electron chi connectivity index (χ4n) is 2.27. The summed E-state index contributed by atoms with van der Waals surface area (Å²) in [5.41, 5.74) is 1.90. The number of hydrogen-bond donors (Lipinski definition) is 0. The average molecular weight is 297 g/mol. The van der Waals surface area contributed by atoms with Gasteiger partial charge in [0.05, 0.1) is 0 Å². The van der Waals surface area contributed by atoms with Gasteiger partial charge in [0.25, 0.3) is 11.8 Å². The van der Waals surface area contributed by atoms with Gasteiger partial charge in [-0.05, 0) is 42.7 Å². The van der Waals surface area contributed by atoms with Crippen LogP contribution in [0.1, 0.15) is 38.3 Å². The van der Waals surface area contributed by atoms with Crippen molar-refractivity contribution in [3.8, 4) is 0 Å². The lowest BCUT2D eigenvalue weighted by Gasteiger charge is -2.19. The zero-order valence-corrected chi connectivity index (χ0v) is 12.1. The summed E-state index contributed by atoms with van der Waals surface area (Å²) >= 11 is 0. The molecule has 0 bridgehead atoms. The molecule has 22 heavy (non-hydrogen) atoms. The third-order valence-electron chi connectivity index (χ3n) is 3.42. The third kappa shape index (κ3) is 3.25. The third-order valence-corrected chi connectivity index (χ3v) is 3.42. The van der Waals surface area contributed by atoms with E-state index in [1.165, 1.54) is 24.3 Å². The van der Waals surface area contributed by atoms with Crippen molar-refractivity contribution < 1.29 is 19.2 Å². The monoisotopic (exact) mass is 297 g/mol. The summed E-state index contributed by atoms with van der Waals surface area (Å²) in [6.45, 7) is 2.08. The van der Waals surface area contributed by atoms with Crippen LogP contribution in [0.15, 0.2) is 30.4 Å². The van der Waals surface area contributed by atoms with Crippen LogP contribution in [0.2, 0.25) is 0 Å². The quantitative estimate of drug-likeness (QED) is 0.629. The van der Waals surface area contributed by atoms with Gasteiger partial charge in [0.2, 0.25) is 0 Å². The van der Waals surface area contributed by atoms with Crippen LogP contribution in [0.3, 0.4) is 0 Å². The predicted octanol–water partition coefficient (Wildman–Crippen LogP) is 1.95. The highest BCUT2D eigenvalue weighted by molar-refractivity contribution is 6.07. The molecule has 1 aliphatic heterocycles. The SMILES string of the molecule is Cc1cc(/C=C/C(=O)N2CCC=CC2=O)cc(C=O)c1C=O. The first-order valence-electron chi connectivity index (χ1n) is 6.82. The molecule has 1 aromatic carbocycles. The zero-order valence-electron chi connectivity index (χ0n) is 12.1. The van der Waals surface area contributed by atoms with E-state index >= 15 is 0 Å². The molecule has 0 saturated carbocycles. The Morgan fingerprint density at radius 1 is 1.23 bits per heavy atom. The number of imide groups is 1. The first kappa shape index (κ1) is 15.6. The second-order valence-corrected chi connectivity index (χ2v) is 4.93. The molecule has 0 unspecified atom stereocenters. The highest BCUT2D eigenvalue weighted by atomic mass is 16.2. The maximum Gasteiger partial charge on any atom is 0.253 e. The van der Waals surface area contributed by atoms with Gasteiger partial charge in [-0.15, -0.1) is 0 Å². The van der Waals surface area contributed by atoms with Gasteiger partial charge in [0.1, 0.15) is 0 Å². The van der Waals surface area contributed by atoms with E-state index in [-0.39, 0.29) is 11.5 Å². The number of hydrogen-bond acceptors (Lipinski definition) is 4. The van der Waals surface area contributed by atoms with Crippen LogP contribution in [-0.4, -0.2) is 35.8 Å². The molecule has 0 aromatic heterocycles. The Labute approximate surface area is 127 Å². The molecule has 0 atom stereocenters. The van der Waals surface area contributed by atoms with Gasteiger partial charge in [-0.3, -0.25) is 24.1 Å². The molecule has 0 saturated heterocycles. The molecule has 5 nitrogen and oxygen atoms in total. The lowest BCUT2D eigenvalue weighted by Crippen LogP contribution is -2.37. The molecule has 0 spiro atoms. The van der Waals surface area contributed by atoms with E-state index in [1.54, 1.807) is 19.1 Å². The minimum atomic E-state index is -0.404. The van der Waals surface area contributed by atoms with Crippen LogP contribution in [0, 0.1) is 6.92 Å². The van der Waals surface area contributed by atoms with Crippen LogP contribution in [0.25, 0.3) is 6.08 Å². The molecule has 0 radical (unpaired) electrons. The van der Waals surface area contributed by atoms with Crippen molar-refractivity contribution in [3.63, 3.8) is 0 Å². The summed E-state index contributed by atoms with van der Waals surface area (Å²) in [6.07, 6.45) is 7.82. The Bertz CT molecular complexity index is 701. The van der Waals surface area contributed by atoms with Crippen LogP contribution < -0.4 is 0 Å². The van der Waals surface area contributed by atoms with E-state index in [9.17, 15) is 19.2 Å². The highest BCUT2D eigenvalue weighted by Gasteiger charge is 2.18. The minimum absolute atomic E-state index is 0.277. The highest BCUT2D eigenvalue weighted by Crippen LogP contribution is 2.16. The van der Waals surface area contributed by atoms with Gasteiger partial charge in [-0.1, -0.05) is 12.1 Å². The van der Waals surface area contributed by atoms with Crippen LogP contribution in [0.5, 0.6) is 0 Å². The van der Waals surface area contributed by atoms with E-state index < -0.39 is 5.91 Å². The zero-order chi connectivity index (χ0) is 16.1. The van der Waals surface area contributed by atoms with Crippen molar-refractivity contribution in [2.24, 2.45) is 0 Å². The number of aryl methyl sites for hydroxylation is 1. The molecule has 112 valence electrons. The van der Waals surface area contributed by atoms with Crippen molar-refractivity contribution in [2.45, 2.75) is 13.3 Å². The Kier molecular flexibility index (Phi) is 4.78. The number of amides is 2. The molecule has 2 rings (SSSR count). The number of carbonyl (C=O) groups is 4. The smallest absolute Gasteiger partial charge is 0.253 e. The molecule has 1 aromatic rings. The molecule has 0 aliphatic carbocycles. The lowest BCUT2D eigenvalue weighted by molar-refractivity contribution is -0.139. The van der Waals surface area contributed by atoms with Gasteiger partial charge in [0.15, 0.2) is 12.6 Å². The molecular formula is C17H15NO4. The van der Waals surface area contributed by atoms with E-state index in [0.29, 0.717) is 42.2 Å². The Morgan fingerprint density at radius 3 is 2.64 bits per heavy atom. The van der Waals surface area contributed by atoms with Crippen LogP contribution >= 0.6 is 0 Å². The molecule has 1 aliphatic rings. The van der Waals surface area contributed by atoms with E-state index in [0.717, 1.165) is 4.90 Å². The number of benzene rings is 1. The lowest BCUT2D eigenvalue weighted by atomic mass is 10.00. The maximum absolute atomic E-state index is 12.0. The Hall–Kier alpha value is -2.82. The summed E-state index contributed by atoms with van der Waals surface area (Å²) in [4.78, 5) is 46.7. The van der Waals surface area contributed by atoms with Gasteiger partial charge in [0, 0.05) is 23.7 Å². The minimum Gasteiger partial charge on any atom is -0.298 e. The number of aldehydes is 2. The second kappa shape index (κ2) is 6.76. The fourth-order valence-corrected chi connectivity index (χ4v) is 2.27. The van der Waals surface area contributed by atoms with Crippen molar-refractivity contribution in [1.82, 2.24) is 4.90 Å². The largest absolute Gasteiger partial charge is 0.298 e. The summed E-state index contributed by atoms with van der Waals surface area (Å²) < 4.78 is 0. The normalized spacial score (nSPS) is 14.4. The van der Waals surface area contributed by atoms with Gasteiger partial charge in [-0.25, -0.2) is 0 Å². The molecule has 0 fully saturated rings. The van der Waals surface area contributed by atoms with Gasteiger partial charge < -0.3 is 0 Å². The summed E-state index contributed by atoms with van der Waals surface area (Å²) in [5.74, 6) is -0.735. The van der Waals surface area contributed by atoms with E-state index in [1.807, 2.05) is 0 Å². The first-order chi connectivity index (χ1) is 10.6. The van der Waals surface area contributed by atoms with Gasteiger partial charge in [-0.2, -0.15) is 0 Å². The van der Waals surface area contributed by atoms with Crippen molar-refractivity contribution in [3.05, 3.63) is 52.6 Å². The maximum atomic E-state index is 12.0. The average Bonchev–Trinajstić information content (AvgIpc) is 2.52. The topological polar surface area (TPSA) is 71.5 Å². The molecule has 5 heteroatoms. The van der Waals surface area contributed by atoms with Gasteiger partial charge >= 0.3 is 0 Å². The summed E-state index contributed by atoms with van der Waals surface area (Å²) in [5, 5.41) is 0. The standard InChI is InChI=1S/C17H15NO4/c1-12-8-13(9-14(10-19)15(12)11-20)5-6-17(22)18-7-3-2-4-16(18)21/h2,4-6,8-11H,3,7H2,1H3/b6-5+. The van der Waals surface area contributed by atoms with E-state index in [4.69, 9.17) is 0 Å². The molecule has 2 amide bonds. The second-order valence-electron chi connectivity index (χ2n) is 4.93. The predicted molar refractivity (Wildman–Crippen MR) is 81.5 cm³/mol. The fraction of sp³-hybridized carbons (Fsp3) is 0.176. The van der Waals surface area contributed by atoms with Crippen molar-refractivity contribution in [2.75, 3.05) is 6.54 Å². The van der Waals surface area contributed by atoms with Crippen molar-refractivity contribution in [1.29, 1.82) is 0 Å². The Balaban J connectivity index is 2.23. The Morgan fingerprint density at radius 2 is 2.00 bits per heavy atom. The summed E-state index contributed by atoms with van der Waals surface area (Å²) in [6, 6.07) is 3.24. The number of rotatable bonds is 4. The molecular weight excluding hydrogens is 282 g/mol. The van der Waals surface area contributed by atoms with Crippen molar-refractivity contribution >= 4 is 30.5 Å². The summed E-state index contributed by atoms with van der Waals surface area (Å²) in [7, 11) is 0. The van der Waals surface area contributed by atoms with E-state index in [2.05, 4.69) is 0 Å². The molecule has 1 heterocycles. The van der Waals surface area contributed by atoms with Crippen LogP contribution in [-0.2, 0) is 9.59 Å². The first-order valence-corrected chi connectivity index (χ1v) is 6.82. The number of carbonyl (C=O) groups excluding carboxylic acids is 4. The van der Waals surface area contributed by atoms with Crippen LogP contribution in [0.4, 0.5) is 0 Å².